The number of ether oxygens (including phenoxy) is 3. The number of benzene rings is 3. The van der Waals surface area contributed by atoms with Crippen LogP contribution < -0.4 is 10.1 Å². The molecule has 0 bridgehead atoms. The van der Waals surface area contributed by atoms with Gasteiger partial charge in [-0.15, -0.1) is 4.99 Å². The van der Waals surface area contributed by atoms with Crippen molar-refractivity contribution in [2.45, 2.75) is 130 Å². The second kappa shape index (κ2) is 14.1. The zero-order chi connectivity index (χ0) is 38.3. The average molecular weight is 724 g/mol. The van der Waals surface area contributed by atoms with Gasteiger partial charge in [0.1, 0.15) is 29.6 Å². The van der Waals surface area contributed by atoms with Gasteiger partial charge < -0.3 is 23.6 Å². The van der Waals surface area contributed by atoms with Crippen LogP contribution in [0.1, 0.15) is 124 Å². The highest BCUT2D eigenvalue weighted by atomic mass is 16.6. The SMILES string of the molecule is CC(C)(C)OC(=O)/N=C(/NC(=O)OC(C)(C)C)N1CCC[C@H]1c1nc(-c2ccc3cc(OCc4ccc5c(c4)C(C)(C)CCC5(C)C)ccc3c2)no1. The summed E-state index contributed by atoms with van der Waals surface area (Å²) in [6, 6.07) is 18.5. The molecule has 1 aliphatic carbocycles. The molecule has 0 saturated carbocycles. The second-order valence-corrected chi connectivity index (χ2v) is 17.5. The first-order valence-corrected chi connectivity index (χ1v) is 18.5. The first-order chi connectivity index (χ1) is 24.8. The number of fused-ring (bicyclic) bond motifs is 2. The third kappa shape index (κ3) is 9.00. The van der Waals surface area contributed by atoms with Crippen LogP contribution in [0.5, 0.6) is 5.75 Å². The minimum Gasteiger partial charge on any atom is -0.489 e. The summed E-state index contributed by atoms with van der Waals surface area (Å²) in [6.45, 7) is 20.9. The number of carbonyl (C=O) groups excluding carboxylic acids is 2. The third-order valence-electron chi connectivity index (χ3n) is 9.85. The maximum atomic E-state index is 12.8. The number of hydrogen-bond donors (Lipinski definition) is 1. The van der Waals surface area contributed by atoms with E-state index in [9.17, 15) is 9.59 Å². The van der Waals surface area contributed by atoms with Crippen LogP contribution in [0.3, 0.4) is 0 Å². The van der Waals surface area contributed by atoms with E-state index in [4.69, 9.17) is 23.7 Å². The van der Waals surface area contributed by atoms with Gasteiger partial charge in [0, 0.05) is 12.1 Å². The van der Waals surface area contributed by atoms with E-state index in [2.05, 4.69) is 61.4 Å². The minimum absolute atomic E-state index is 0.00103. The van der Waals surface area contributed by atoms with Gasteiger partial charge in [0.25, 0.3) is 0 Å². The summed E-state index contributed by atoms with van der Waals surface area (Å²) in [5.41, 5.74) is 3.65. The summed E-state index contributed by atoms with van der Waals surface area (Å²) in [4.78, 5) is 36.2. The number of guanidine groups is 1. The van der Waals surface area contributed by atoms with Crippen LogP contribution in [0.2, 0.25) is 0 Å². The minimum atomic E-state index is -0.836. The highest BCUT2D eigenvalue weighted by Crippen LogP contribution is 2.46. The smallest absolute Gasteiger partial charge is 0.437 e. The van der Waals surface area contributed by atoms with Crippen molar-refractivity contribution in [2.24, 2.45) is 4.99 Å². The van der Waals surface area contributed by atoms with Gasteiger partial charge in [0.2, 0.25) is 17.7 Å². The molecule has 1 fully saturated rings. The van der Waals surface area contributed by atoms with E-state index in [1.165, 1.54) is 29.5 Å². The number of rotatable bonds is 5. The Balaban J connectivity index is 1.17. The van der Waals surface area contributed by atoms with Crippen LogP contribution in [-0.4, -0.2) is 50.9 Å². The molecule has 1 aliphatic heterocycles. The molecule has 1 saturated heterocycles. The van der Waals surface area contributed by atoms with E-state index < -0.39 is 29.4 Å². The van der Waals surface area contributed by atoms with E-state index >= 15 is 0 Å². The summed E-state index contributed by atoms with van der Waals surface area (Å²) < 4.78 is 22.9. The number of hydrogen-bond acceptors (Lipinski definition) is 8. The molecule has 6 rings (SSSR count). The van der Waals surface area contributed by atoms with E-state index in [0.717, 1.165) is 28.5 Å². The van der Waals surface area contributed by atoms with Gasteiger partial charge >= 0.3 is 12.2 Å². The lowest BCUT2D eigenvalue weighted by molar-refractivity contribution is 0.0552. The van der Waals surface area contributed by atoms with Crippen molar-refractivity contribution in [1.82, 2.24) is 20.4 Å². The predicted molar refractivity (Wildman–Crippen MR) is 205 cm³/mol. The van der Waals surface area contributed by atoms with Crippen LogP contribution in [0.4, 0.5) is 9.59 Å². The Kier molecular flexibility index (Phi) is 10.1. The monoisotopic (exact) mass is 723 g/mol. The molecule has 2 aliphatic rings. The zero-order valence-corrected chi connectivity index (χ0v) is 32.8. The lowest BCUT2D eigenvalue weighted by Crippen LogP contribution is -2.46. The van der Waals surface area contributed by atoms with E-state index in [1.54, 1.807) is 46.4 Å². The van der Waals surface area contributed by atoms with Crippen molar-refractivity contribution in [1.29, 1.82) is 0 Å². The standard InChI is InChI=1S/C42H53N5O6/c1-39(2,3)51-37(48)44-36(45-38(49)52-40(4,5)6)47-21-11-12-33(47)35-43-34(46-53-35)29-15-14-28-24-30(17-16-27(28)23-29)50-25-26-13-18-31-32(22-26)42(9,10)20-19-41(31,7)8/h13-18,22-24,33H,11-12,19-21,25H2,1-10H3,(H,44,45,48,49)/t33-/m0/s1. The molecule has 4 aromatic rings. The highest BCUT2D eigenvalue weighted by Gasteiger charge is 2.37. The van der Waals surface area contributed by atoms with Crippen molar-refractivity contribution >= 4 is 28.9 Å². The average Bonchev–Trinajstić information content (AvgIpc) is 3.74. The number of nitrogens with zero attached hydrogens (tertiary/aromatic N) is 4. The number of nitrogens with one attached hydrogen (secondary N) is 1. The van der Waals surface area contributed by atoms with Gasteiger partial charge in [0.05, 0.1) is 0 Å². The molecule has 1 aromatic heterocycles. The molecule has 0 radical (unpaired) electrons. The van der Waals surface area contributed by atoms with Gasteiger partial charge in [-0.1, -0.05) is 69.2 Å². The number of aromatic nitrogens is 2. The van der Waals surface area contributed by atoms with Crippen molar-refractivity contribution in [2.75, 3.05) is 6.54 Å². The molecule has 11 heteroatoms. The van der Waals surface area contributed by atoms with Crippen LogP contribution in [0.25, 0.3) is 22.2 Å². The highest BCUT2D eigenvalue weighted by molar-refractivity contribution is 5.99. The molecular formula is C42H53N5O6. The van der Waals surface area contributed by atoms with E-state index in [-0.39, 0.29) is 16.8 Å². The molecule has 0 spiro atoms. The second-order valence-electron chi connectivity index (χ2n) is 17.5. The third-order valence-corrected chi connectivity index (χ3v) is 9.85. The molecule has 282 valence electrons. The zero-order valence-electron chi connectivity index (χ0n) is 32.8. The van der Waals surface area contributed by atoms with E-state index in [1.807, 2.05) is 36.4 Å². The summed E-state index contributed by atoms with van der Waals surface area (Å²) in [7, 11) is 0. The van der Waals surface area contributed by atoms with Gasteiger partial charge in [-0.25, -0.2) is 9.59 Å². The van der Waals surface area contributed by atoms with Gasteiger partial charge in [-0.05, 0) is 124 Å². The molecule has 0 unspecified atom stereocenters. The maximum absolute atomic E-state index is 12.8. The van der Waals surface area contributed by atoms with Crippen LogP contribution >= 0.6 is 0 Å². The lowest BCUT2D eigenvalue weighted by Gasteiger charge is -2.42. The Morgan fingerprint density at radius 1 is 0.887 bits per heavy atom. The largest absolute Gasteiger partial charge is 0.489 e. The van der Waals surface area contributed by atoms with Crippen LogP contribution in [-0.2, 0) is 26.9 Å². The number of carbonyl (C=O) groups is 2. The number of alkyl carbamates (subject to hydrolysis) is 1. The number of amides is 2. The van der Waals surface area contributed by atoms with Gasteiger partial charge in [0.15, 0.2) is 0 Å². The van der Waals surface area contributed by atoms with E-state index in [0.29, 0.717) is 31.3 Å². The quantitative estimate of drug-likeness (QED) is 0.158. The first kappa shape index (κ1) is 37.8. The lowest BCUT2D eigenvalue weighted by atomic mass is 9.63. The molecular weight excluding hydrogens is 670 g/mol. The Labute approximate surface area is 312 Å². The molecule has 1 atom stereocenters. The molecule has 3 aromatic carbocycles. The summed E-state index contributed by atoms with van der Waals surface area (Å²) in [5.74, 6) is 1.57. The fourth-order valence-corrected chi connectivity index (χ4v) is 7.04. The predicted octanol–water partition coefficient (Wildman–Crippen LogP) is 9.77. The Hall–Kier alpha value is -4.93. The molecule has 2 amide bonds. The normalized spacial score (nSPS) is 18.4. The number of likely N-dealkylation sites (tertiary alicyclic amines) is 1. The van der Waals surface area contributed by atoms with Crippen molar-refractivity contribution in [3.8, 4) is 17.1 Å². The van der Waals surface area contributed by atoms with Crippen molar-refractivity contribution in [3.05, 3.63) is 77.2 Å². The fourth-order valence-electron chi connectivity index (χ4n) is 7.04. The van der Waals surface area contributed by atoms with Crippen LogP contribution in [0, 0.1) is 0 Å². The maximum Gasteiger partial charge on any atom is 0.437 e. The molecule has 11 nitrogen and oxygen atoms in total. The van der Waals surface area contributed by atoms with Gasteiger partial charge in [-0.3, -0.25) is 5.32 Å². The van der Waals surface area contributed by atoms with Gasteiger partial charge in [-0.2, -0.15) is 4.98 Å². The van der Waals surface area contributed by atoms with Crippen molar-refractivity contribution in [3.63, 3.8) is 0 Å². The fraction of sp³-hybridized carbons (Fsp3) is 0.500. The summed E-state index contributed by atoms with van der Waals surface area (Å²) >= 11 is 0. The Morgan fingerprint density at radius 3 is 2.28 bits per heavy atom. The molecule has 53 heavy (non-hydrogen) atoms. The van der Waals surface area contributed by atoms with Crippen molar-refractivity contribution < 1.29 is 28.3 Å². The number of aliphatic imine (C=N–C) groups is 1. The summed E-state index contributed by atoms with van der Waals surface area (Å²) in [5, 5.41) is 8.98. The van der Waals surface area contributed by atoms with Crippen LogP contribution in [0.15, 0.2) is 64.1 Å². The Bertz CT molecular complexity index is 2030. The summed E-state index contributed by atoms with van der Waals surface area (Å²) in [6.07, 6.45) is 2.18. The Morgan fingerprint density at radius 2 is 1.57 bits per heavy atom. The molecule has 2 heterocycles. The topological polar surface area (TPSA) is 128 Å². The molecule has 1 N–H and O–H groups in total. The first-order valence-electron chi connectivity index (χ1n) is 18.5.